The standard InChI is InChI=1S/C13H11FN4O3/c1-2-21-11-4-10-9(3-8(11)14)16-13(17-10)18-6-7(5-15-18)12(19)20/h3-6H,2H2,1H3,(H,16,17)(H,19,20). The Balaban J connectivity index is 2.05. The number of halogens is 1. The summed E-state index contributed by atoms with van der Waals surface area (Å²) in [7, 11) is 0. The zero-order valence-electron chi connectivity index (χ0n) is 11.0. The van der Waals surface area contributed by atoms with Crippen molar-refractivity contribution in [3.05, 3.63) is 35.9 Å². The first-order valence-corrected chi connectivity index (χ1v) is 6.19. The van der Waals surface area contributed by atoms with Crippen LogP contribution < -0.4 is 4.74 Å². The van der Waals surface area contributed by atoms with E-state index < -0.39 is 11.8 Å². The molecule has 0 amide bonds. The summed E-state index contributed by atoms with van der Waals surface area (Å²) in [5.74, 6) is -1.16. The summed E-state index contributed by atoms with van der Waals surface area (Å²) in [5.41, 5.74) is 1.01. The molecule has 0 spiro atoms. The Morgan fingerprint density at radius 3 is 3.00 bits per heavy atom. The number of imidazole rings is 1. The number of carboxylic acids is 1. The Labute approximate surface area is 118 Å². The number of ether oxygens (including phenoxy) is 1. The van der Waals surface area contributed by atoms with Crippen LogP contribution in [-0.4, -0.2) is 37.4 Å². The Hall–Kier alpha value is -2.90. The fourth-order valence-electron chi connectivity index (χ4n) is 1.92. The molecular formula is C13H11FN4O3. The van der Waals surface area contributed by atoms with Gasteiger partial charge in [0.15, 0.2) is 11.6 Å². The molecule has 7 nitrogen and oxygen atoms in total. The van der Waals surface area contributed by atoms with Crippen molar-refractivity contribution in [3.8, 4) is 11.7 Å². The molecule has 0 saturated carbocycles. The molecule has 0 atom stereocenters. The monoisotopic (exact) mass is 290 g/mol. The summed E-state index contributed by atoms with van der Waals surface area (Å²) in [4.78, 5) is 17.9. The Morgan fingerprint density at radius 1 is 1.52 bits per heavy atom. The lowest BCUT2D eigenvalue weighted by Gasteiger charge is -2.03. The van der Waals surface area contributed by atoms with Gasteiger partial charge in [-0.3, -0.25) is 0 Å². The SMILES string of the molecule is CCOc1cc2[nH]c(-n3cc(C(=O)O)cn3)nc2cc1F. The predicted molar refractivity (Wildman–Crippen MR) is 71.3 cm³/mol. The number of nitrogens with zero attached hydrogens (tertiary/aromatic N) is 3. The number of aromatic carboxylic acids is 1. The number of H-pyrrole nitrogens is 1. The summed E-state index contributed by atoms with van der Waals surface area (Å²) >= 11 is 0. The molecule has 0 aliphatic carbocycles. The summed E-state index contributed by atoms with van der Waals surface area (Å²) < 4.78 is 20.2. The van der Waals surface area contributed by atoms with Crippen molar-refractivity contribution in [2.24, 2.45) is 0 Å². The van der Waals surface area contributed by atoms with Gasteiger partial charge >= 0.3 is 5.97 Å². The van der Waals surface area contributed by atoms with Crippen LogP contribution in [0.1, 0.15) is 17.3 Å². The van der Waals surface area contributed by atoms with E-state index in [9.17, 15) is 9.18 Å². The molecule has 0 fully saturated rings. The summed E-state index contributed by atoms with van der Waals surface area (Å²) in [6.45, 7) is 2.11. The zero-order chi connectivity index (χ0) is 15.0. The molecule has 8 heteroatoms. The van der Waals surface area contributed by atoms with Crippen LogP contribution >= 0.6 is 0 Å². The number of carboxylic acid groups (broad SMARTS) is 1. The third-order valence-electron chi connectivity index (χ3n) is 2.87. The van der Waals surface area contributed by atoms with E-state index in [0.717, 1.165) is 0 Å². The highest BCUT2D eigenvalue weighted by Gasteiger charge is 2.13. The lowest BCUT2D eigenvalue weighted by molar-refractivity contribution is 0.0697. The molecule has 0 saturated heterocycles. The van der Waals surface area contributed by atoms with E-state index >= 15 is 0 Å². The van der Waals surface area contributed by atoms with Gasteiger partial charge in [-0.1, -0.05) is 0 Å². The molecular weight excluding hydrogens is 279 g/mol. The van der Waals surface area contributed by atoms with Crippen LogP contribution in [0.3, 0.4) is 0 Å². The largest absolute Gasteiger partial charge is 0.491 e. The van der Waals surface area contributed by atoms with Crippen molar-refractivity contribution in [2.45, 2.75) is 6.92 Å². The summed E-state index contributed by atoms with van der Waals surface area (Å²) in [6.07, 6.45) is 2.53. The lowest BCUT2D eigenvalue weighted by Crippen LogP contribution is -1.97. The smallest absolute Gasteiger partial charge is 0.338 e. The van der Waals surface area contributed by atoms with Crippen molar-refractivity contribution in [1.29, 1.82) is 0 Å². The van der Waals surface area contributed by atoms with E-state index in [-0.39, 0.29) is 11.3 Å². The van der Waals surface area contributed by atoms with Crippen LogP contribution in [0.2, 0.25) is 0 Å². The number of nitrogens with one attached hydrogen (secondary N) is 1. The third kappa shape index (κ3) is 2.31. The van der Waals surface area contributed by atoms with Gasteiger partial charge in [0.2, 0.25) is 5.95 Å². The molecule has 2 aromatic heterocycles. The second-order valence-corrected chi connectivity index (χ2v) is 4.27. The van der Waals surface area contributed by atoms with E-state index in [1.165, 1.54) is 29.2 Å². The molecule has 108 valence electrons. The third-order valence-corrected chi connectivity index (χ3v) is 2.87. The minimum atomic E-state index is -1.08. The maximum Gasteiger partial charge on any atom is 0.338 e. The lowest BCUT2D eigenvalue weighted by atomic mass is 10.3. The van der Waals surface area contributed by atoms with Crippen molar-refractivity contribution < 1.29 is 19.0 Å². The Kier molecular flexibility index (Phi) is 3.05. The summed E-state index contributed by atoms with van der Waals surface area (Å²) in [6, 6.07) is 2.76. The van der Waals surface area contributed by atoms with E-state index in [2.05, 4.69) is 15.1 Å². The predicted octanol–water partition coefficient (Wildman–Crippen LogP) is 1.98. The number of aromatic nitrogens is 4. The average molecular weight is 290 g/mol. The van der Waals surface area contributed by atoms with Crippen LogP contribution in [0.25, 0.3) is 17.0 Å². The number of hydrogen-bond donors (Lipinski definition) is 2. The number of hydrogen-bond acceptors (Lipinski definition) is 4. The average Bonchev–Trinajstić information content (AvgIpc) is 3.05. The molecule has 3 aromatic rings. The van der Waals surface area contributed by atoms with E-state index in [4.69, 9.17) is 9.84 Å². The molecule has 2 N–H and O–H groups in total. The maximum absolute atomic E-state index is 13.7. The van der Waals surface area contributed by atoms with Gasteiger partial charge in [0.05, 0.1) is 29.4 Å². The fourth-order valence-corrected chi connectivity index (χ4v) is 1.92. The normalized spacial score (nSPS) is 11.0. The molecule has 1 aromatic carbocycles. The van der Waals surface area contributed by atoms with Crippen LogP contribution in [0.5, 0.6) is 5.75 Å². The van der Waals surface area contributed by atoms with Crippen LogP contribution in [0, 0.1) is 5.82 Å². The number of benzene rings is 1. The van der Waals surface area contributed by atoms with E-state index in [1.54, 1.807) is 6.92 Å². The molecule has 0 bridgehead atoms. The van der Waals surface area contributed by atoms with Crippen molar-refractivity contribution in [2.75, 3.05) is 6.61 Å². The molecule has 2 heterocycles. The molecule has 0 aliphatic rings. The second-order valence-electron chi connectivity index (χ2n) is 4.27. The number of aromatic amines is 1. The molecule has 21 heavy (non-hydrogen) atoms. The van der Waals surface area contributed by atoms with Crippen LogP contribution in [0.4, 0.5) is 4.39 Å². The molecule has 0 aliphatic heterocycles. The minimum Gasteiger partial charge on any atom is -0.491 e. The van der Waals surface area contributed by atoms with Gasteiger partial charge in [-0.15, -0.1) is 0 Å². The fraction of sp³-hybridized carbons (Fsp3) is 0.154. The number of fused-ring (bicyclic) bond motifs is 1. The van der Waals surface area contributed by atoms with Crippen molar-refractivity contribution in [3.63, 3.8) is 0 Å². The van der Waals surface area contributed by atoms with Gasteiger partial charge in [0.25, 0.3) is 0 Å². The highest BCUT2D eigenvalue weighted by atomic mass is 19.1. The highest BCUT2D eigenvalue weighted by molar-refractivity contribution is 5.87. The van der Waals surface area contributed by atoms with Gasteiger partial charge in [0.1, 0.15) is 0 Å². The quantitative estimate of drug-likeness (QED) is 0.766. The van der Waals surface area contributed by atoms with Crippen molar-refractivity contribution >= 4 is 17.0 Å². The first kappa shape index (κ1) is 13.1. The Bertz CT molecular complexity index is 824. The number of carbonyl (C=O) groups is 1. The topological polar surface area (TPSA) is 93.0 Å². The van der Waals surface area contributed by atoms with Crippen LogP contribution in [-0.2, 0) is 0 Å². The second kappa shape index (κ2) is 4.89. The zero-order valence-corrected chi connectivity index (χ0v) is 11.0. The van der Waals surface area contributed by atoms with Gasteiger partial charge in [-0.2, -0.15) is 5.10 Å². The van der Waals surface area contributed by atoms with E-state index in [1.807, 2.05) is 0 Å². The van der Waals surface area contributed by atoms with Gasteiger partial charge in [-0.05, 0) is 6.92 Å². The van der Waals surface area contributed by atoms with E-state index in [0.29, 0.717) is 23.6 Å². The first-order chi connectivity index (χ1) is 10.1. The van der Waals surface area contributed by atoms with Crippen molar-refractivity contribution in [1.82, 2.24) is 19.7 Å². The van der Waals surface area contributed by atoms with Crippen LogP contribution in [0.15, 0.2) is 24.5 Å². The van der Waals surface area contributed by atoms with Gasteiger partial charge in [0, 0.05) is 18.3 Å². The molecule has 0 unspecified atom stereocenters. The van der Waals surface area contributed by atoms with Gasteiger partial charge in [-0.25, -0.2) is 18.9 Å². The van der Waals surface area contributed by atoms with Gasteiger partial charge < -0.3 is 14.8 Å². The number of rotatable bonds is 4. The highest BCUT2D eigenvalue weighted by Crippen LogP contribution is 2.24. The minimum absolute atomic E-state index is 0.0386. The molecule has 0 radical (unpaired) electrons. The molecule has 3 rings (SSSR count). The maximum atomic E-state index is 13.7. The Morgan fingerprint density at radius 2 is 2.33 bits per heavy atom. The first-order valence-electron chi connectivity index (χ1n) is 6.19. The summed E-state index contributed by atoms with van der Waals surface area (Å²) in [5, 5.41) is 12.8.